The number of hydrogen-bond donors (Lipinski definition) is 1. The van der Waals surface area contributed by atoms with Gasteiger partial charge in [-0.05, 0) is 31.2 Å². The lowest BCUT2D eigenvalue weighted by molar-refractivity contribution is -0.150. The van der Waals surface area contributed by atoms with Crippen molar-refractivity contribution in [2.45, 2.75) is 12.5 Å². The zero-order valence-corrected chi connectivity index (χ0v) is 12.3. The normalized spacial score (nSPS) is 21.8. The van der Waals surface area contributed by atoms with Gasteiger partial charge in [-0.25, -0.2) is 0 Å². The van der Waals surface area contributed by atoms with Crippen LogP contribution in [0.2, 0.25) is 0 Å². The lowest BCUT2D eigenvalue weighted by Gasteiger charge is -2.38. The molecule has 114 valence electrons. The Labute approximate surface area is 127 Å². The van der Waals surface area contributed by atoms with E-state index in [1.807, 2.05) is 24.3 Å². The number of carbonyl (C=O) groups is 2. The van der Waals surface area contributed by atoms with Gasteiger partial charge in [-0.3, -0.25) is 14.6 Å². The van der Waals surface area contributed by atoms with Gasteiger partial charge in [0.2, 0.25) is 0 Å². The van der Waals surface area contributed by atoms with Crippen LogP contribution < -0.4 is 5.73 Å². The van der Waals surface area contributed by atoms with Crippen molar-refractivity contribution in [2.24, 2.45) is 5.73 Å². The number of benzene rings is 1. The molecule has 2 aromatic rings. The molecule has 0 spiro atoms. The van der Waals surface area contributed by atoms with Gasteiger partial charge in [0.25, 0.3) is 11.8 Å². The number of pyridine rings is 1. The first-order valence-electron chi connectivity index (χ1n) is 7.07. The molecule has 0 radical (unpaired) electrons. The van der Waals surface area contributed by atoms with Gasteiger partial charge in [0.05, 0.1) is 18.7 Å². The van der Waals surface area contributed by atoms with E-state index in [2.05, 4.69) is 4.98 Å². The number of fused-ring (bicyclic) bond motifs is 1. The SMILES string of the molecule is C[C@@]1(C(N)=O)CN(C(=O)c2ccc3ncccc3c2)CCO1. The Kier molecular flexibility index (Phi) is 3.54. The number of primary amides is 1. The molecule has 1 atom stereocenters. The topological polar surface area (TPSA) is 85.5 Å². The van der Waals surface area contributed by atoms with Gasteiger partial charge in [0.15, 0.2) is 5.60 Å². The van der Waals surface area contributed by atoms with E-state index in [1.165, 1.54) is 0 Å². The minimum Gasteiger partial charge on any atom is -0.367 e. The fourth-order valence-electron chi connectivity index (χ4n) is 2.58. The molecule has 1 aromatic heterocycles. The molecule has 6 heteroatoms. The number of ether oxygens (including phenoxy) is 1. The van der Waals surface area contributed by atoms with Crippen LogP contribution in [0.3, 0.4) is 0 Å². The quantitative estimate of drug-likeness (QED) is 0.894. The van der Waals surface area contributed by atoms with Crippen molar-refractivity contribution in [3.8, 4) is 0 Å². The predicted molar refractivity (Wildman–Crippen MR) is 81.2 cm³/mol. The van der Waals surface area contributed by atoms with Crippen LogP contribution >= 0.6 is 0 Å². The van der Waals surface area contributed by atoms with Crippen LogP contribution in [-0.4, -0.2) is 47.0 Å². The predicted octanol–water partition coefficient (Wildman–Crippen LogP) is 0.951. The number of carbonyl (C=O) groups excluding carboxylic acids is 2. The van der Waals surface area contributed by atoms with Crippen LogP contribution in [0.15, 0.2) is 36.5 Å². The van der Waals surface area contributed by atoms with Gasteiger partial charge in [-0.15, -0.1) is 0 Å². The molecule has 0 bridgehead atoms. The van der Waals surface area contributed by atoms with Crippen molar-refractivity contribution in [1.29, 1.82) is 0 Å². The maximum absolute atomic E-state index is 12.7. The average molecular weight is 299 g/mol. The molecule has 2 amide bonds. The highest BCUT2D eigenvalue weighted by atomic mass is 16.5. The van der Waals surface area contributed by atoms with Gasteiger partial charge in [0, 0.05) is 23.7 Å². The summed E-state index contributed by atoms with van der Waals surface area (Å²) in [7, 11) is 0. The van der Waals surface area contributed by atoms with Gasteiger partial charge < -0.3 is 15.4 Å². The minimum atomic E-state index is -1.13. The first kappa shape index (κ1) is 14.5. The van der Waals surface area contributed by atoms with Crippen LogP contribution in [0.4, 0.5) is 0 Å². The average Bonchev–Trinajstić information content (AvgIpc) is 2.53. The minimum absolute atomic E-state index is 0.137. The molecule has 1 aliphatic heterocycles. The van der Waals surface area contributed by atoms with Gasteiger partial charge >= 0.3 is 0 Å². The standard InChI is InChI=1S/C16H17N3O3/c1-16(15(17)21)10-19(7-8-22-16)14(20)12-4-5-13-11(9-12)3-2-6-18-13/h2-6,9H,7-8,10H2,1H3,(H2,17,21)/t16-/m0/s1. The van der Waals surface area contributed by atoms with Crippen molar-refractivity contribution >= 4 is 22.7 Å². The smallest absolute Gasteiger partial charge is 0.254 e. The van der Waals surface area contributed by atoms with E-state index >= 15 is 0 Å². The Bertz CT molecular complexity index is 746. The Hall–Kier alpha value is -2.47. The number of amides is 2. The highest BCUT2D eigenvalue weighted by Crippen LogP contribution is 2.20. The summed E-state index contributed by atoms with van der Waals surface area (Å²) < 4.78 is 5.43. The largest absolute Gasteiger partial charge is 0.367 e. The molecule has 6 nitrogen and oxygen atoms in total. The molecular weight excluding hydrogens is 282 g/mol. The van der Waals surface area contributed by atoms with Crippen molar-refractivity contribution in [3.63, 3.8) is 0 Å². The van der Waals surface area contributed by atoms with Crippen LogP contribution in [0.25, 0.3) is 10.9 Å². The molecule has 1 saturated heterocycles. The van der Waals surface area contributed by atoms with Gasteiger partial charge in [-0.2, -0.15) is 0 Å². The van der Waals surface area contributed by atoms with E-state index in [4.69, 9.17) is 10.5 Å². The fourth-order valence-corrected chi connectivity index (χ4v) is 2.58. The van der Waals surface area contributed by atoms with E-state index in [1.54, 1.807) is 24.1 Å². The fraction of sp³-hybridized carbons (Fsp3) is 0.312. The number of nitrogens with zero attached hydrogens (tertiary/aromatic N) is 2. The Balaban J connectivity index is 1.87. The molecule has 1 aromatic carbocycles. The van der Waals surface area contributed by atoms with Gasteiger partial charge in [0.1, 0.15) is 0 Å². The maximum atomic E-state index is 12.7. The third-order valence-corrected chi connectivity index (χ3v) is 3.93. The summed E-state index contributed by atoms with van der Waals surface area (Å²) in [6.45, 7) is 2.50. The molecule has 22 heavy (non-hydrogen) atoms. The summed E-state index contributed by atoms with van der Waals surface area (Å²) in [6.07, 6.45) is 1.71. The zero-order chi connectivity index (χ0) is 15.7. The van der Waals surface area contributed by atoms with Crippen molar-refractivity contribution in [1.82, 2.24) is 9.88 Å². The maximum Gasteiger partial charge on any atom is 0.254 e. The van der Waals surface area contributed by atoms with E-state index in [9.17, 15) is 9.59 Å². The van der Waals surface area contributed by atoms with Gasteiger partial charge in [-0.1, -0.05) is 6.07 Å². The highest BCUT2D eigenvalue weighted by Gasteiger charge is 2.39. The number of nitrogens with two attached hydrogens (primary N) is 1. The summed E-state index contributed by atoms with van der Waals surface area (Å²) in [5.74, 6) is -0.700. The lowest BCUT2D eigenvalue weighted by Crippen LogP contribution is -2.58. The number of aromatic nitrogens is 1. The molecule has 2 N–H and O–H groups in total. The monoisotopic (exact) mass is 299 g/mol. The second-order valence-electron chi connectivity index (χ2n) is 5.58. The van der Waals surface area contributed by atoms with Crippen LogP contribution in [0.1, 0.15) is 17.3 Å². The first-order valence-corrected chi connectivity index (χ1v) is 7.07. The van der Waals surface area contributed by atoms with E-state index in [0.717, 1.165) is 10.9 Å². The second-order valence-corrected chi connectivity index (χ2v) is 5.58. The van der Waals surface area contributed by atoms with Crippen LogP contribution in [0, 0.1) is 0 Å². The molecule has 0 unspecified atom stereocenters. The summed E-state index contributed by atoms with van der Waals surface area (Å²) in [6, 6.07) is 9.11. The zero-order valence-electron chi connectivity index (χ0n) is 12.3. The van der Waals surface area contributed by atoms with Crippen molar-refractivity contribution in [2.75, 3.05) is 19.7 Å². The number of morpholine rings is 1. The van der Waals surface area contributed by atoms with E-state index in [0.29, 0.717) is 18.7 Å². The summed E-state index contributed by atoms with van der Waals surface area (Å²) in [5.41, 5.74) is 5.63. The van der Waals surface area contributed by atoms with Crippen LogP contribution in [0.5, 0.6) is 0 Å². The second kappa shape index (κ2) is 5.38. The Morgan fingerprint density at radius 1 is 1.36 bits per heavy atom. The summed E-state index contributed by atoms with van der Waals surface area (Å²) >= 11 is 0. The number of hydrogen-bond acceptors (Lipinski definition) is 4. The third kappa shape index (κ3) is 2.53. The first-order chi connectivity index (χ1) is 10.5. The number of rotatable bonds is 2. The van der Waals surface area contributed by atoms with E-state index < -0.39 is 11.5 Å². The van der Waals surface area contributed by atoms with E-state index in [-0.39, 0.29) is 12.5 Å². The Morgan fingerprint density at radius 2 is 2.18 bits per heavy atom. The molecule has 1 aliphatic rings. The molecule has 1 fully saturated rings. The molecule has 0 saturated carbocycles. The Morgan fingerprint density at radius 3 is 2.95 bits per heavy atom. The van der Waals surface area contributed by atoms with Crippen LogP contribution in [-0.2, 0) is 9.53 Å². The highest BCUT2D eigenvalue weighted by molar-refractivity contribution is 5.98. The third-order valence-electron chi connectivity index (χ3n) is 3.93. The summed E-state index contributed by atoms with van der Waals surface area (Å²) in [4.78, 5) is 30.0. The van der Waals surface area contributed by atoms with Crippen molar-refractivity contribution in [3.05, 3.63) is 42.1 Å². The molecule has 0 aliphatic carbocycles. The summed E-state index contributed by atoms with van der Waals surface area (Å²) in [5, 5.41) is 0.902. The molecular formula is C16H17N3O3. The molecule has 3 rings (SSSR count). The lowest BCUT2D eigenvalue weighted by atomic mass is 10.0. The van der Waals surface area contributed by atoms with Crippen molar-refractivity contribution < 1.29 is 14.3 Å². The molecule has 2 heterocycles.